The fourth-order valence-corrected chi connectivity index (χ4v) is 1.43. The lowest BCUT2D eigenvalue weighted by Gasteiger charge is -2.36. The lowest BCUT2D eigenvalue weighted by Crippen LogP contribution is -2.49. The molecule has 1 aliphatic heterocycles. The number of carbonyl (C=O) groups is 1. The first-order chi connectivity index (χ1) is 5.20. The second-order valence-electron chi connectivity index (χ2n) is 3.36. The summed E-state index contributed by atoms with van der Waals surface area (Å²) in [6.07, 6.45) is 3.82. The maximum atomic E-state index is 10.3. The van der Waals surface area contributed by atoms with Crippen molar-refractivity contribution >= 4 is 6.41 Å². The van der Waals surface area contributed by atoms with Crippen molar-refractivity contribution in [3.63, 3.8) is 0 Å². The van der Waals surface area contributed by atoms with E-state index in [9.17, 15) is 4.79 Å². The van der Waals surface area contributed by atoms with Crippen LogP contribution >= 0.6 is 0 Å². The zero-order valence-corrected chi connectivity index (χ0v) is 7.05. The second-order valence-corrected chi connectivity index (χ2v) is 3.36. The van der Waals surface area contributed by atoms with Gasteiger partial charge in [-0.3, -0.25) is 4.79 Å². The van der Waals surface area contributed by atoms with Crippen molar-refractivity contribution in [3.8, 4) is 0 Å². The van der Waals surface area contributed by atoms with E-state index in [4.69, 9.17) is 5.73 Å². The quantitative estimate of drug-likeness (QED) is 0.586. The van der Waals surface area contributed by atoms with E-state index < -0.39 is 0 Å². The number of piperidine rings is 1. The fourth-order valence-electron chi connectivity index (χ4n) is 1.43. The number of likely N-dealkylation sites (tertiary alicyclic amines) is 1. The van der Waals surface area contributed by atoms with E-state index in [1.54, 1.807) is 4.90 Å². The van der Waals surface area contributed by atoms with Crippen LogP contribution in [0.2, 0.25) is 0 Å². The van der Waals surface area contributed by atoms with Gasteiger partial charge in [-0.1, -0.05) is 6.92 Å². The van der Waals surface area contributed by atoms with Gasteiger partial charge in [0.15, 0.2) is 0 Å². The molecule has 0 bridgehead atoms. The molecule has 0 atom stereocenters. The Bertz CT molecular complexity index is 139. The van der Waals surface area contributed by atoms with Crippen LogP contribution in [-0.2, 0) is 4.79 Å². The highest BCUT2D eigenvalue weighted by atomic mass is 16.1. The molecule has 0 saturated carbocycles. The lowest BCUT2D eigenvalue weighted by molar-refractivity contribution is -0.119. The van der Waals surface area contributed by atoms with E-state index in [0.717, 1.165) is 38.8 Å². The van der Waals surface area contributed by atoms with E-state index in [-0.39, 0.29) is 5.54 Å². The molecule has 0 aliphatic carbocycles. The molecule has 1 heterocycles. The van der Waals surface area contributed by atoms with Gasteiger partial charge in [-0.15, -0.1) is 0 Å². The number of hydrogen-bond donors (Lipinski definition) is 1. The minimum Gasteiger partial charge on any atom is -0.345 e. The van der Waals surface area contributed by atoms with Crippen LogP contribution in [0.5, 0.6) is 0 Å². The summed E-state index contributed by atoms with van der Waals surface area (Å²) >= 11 is 0. The second kappa shape index (κ2) is 3.22. The lowest BCUT2D eigenvalue weighted by atomic mass is 9.86. The van der Waals surface area contributed by atoms with Gasteiger partial charge in [0.25, 0.3) is 0 Å². The summed E-state index contributed by atoms with van der Waals surface area (Å²) in [6, 6.07) is 0. The highest BCUT2D eigenvalue weighted by Crippen LogP contribution is 2.21. The van der Waals surface area contributed by atoms with Crippen molar-refractivity contribution in [1.82, 2.24) is 4.90 Å². The van der Waals surface area contributed by atoms with Crippen molar-refractivity contribution in [2.24, 2.45) is 5.73 Å². The zero-order chi connectivity index (χ0) is 8.32. The average Bonchev–Trinajstić information content (AvgIpc) is 2.06. The summed E-state index contributed by atoms with van der Waals surface area (Å²) in [7, 11) is 0. The van der Waals surface area contributed by atoms with Crippen LogP contribution in [0, 0.1) is 0 Å². The molecular weight excluding hydrogens is 140 g/mol. The highest BCUT2D eigenvalue weighted by Gasteiger charge is 2.27. The monoisotopic (exact) mass is 156 g/mol. The van der Waals surface area contributed by atoms with Crippen LogP contribution in [-0.4, -0.2) is 29.9 Å². The van der Waals surface area contributed by atoms with Crippen LogP contribution in [0.3, 0.4) is 0 Å². The van der Waals surface area contributed by atoms with Crippen molar-refractivity contribution in [2.75, 3.05) is 13.1 Å². The van der Waals surface area contributed by atoms with Gasteiger partial charge in [-0.25, -0.2) is 0 Å². The van der Waals surface area contributed by atoms with E-state index in [2.05, 4.69) is 6.92 Å². The molecule has 0 spiro atoms. The molecule has 0 aromatic heterocycles. The van der Waals surface area contributed by atoms with Gasteiger partial charge in [0.2, 0.25) is 6.41 Å². The average molecular weight is 156 g/mol. The summed E-state index contributed by atoms with van der Waals surface area (Å²) in [6.45, 7) is 3.76. The van der Waals surface area contributed by atoms with Gasteiger partial charge >= 0.3 is 0 Å². The predicted octanol–water partition coefficient (Wildman–Crippen LogP) is 0.346. The van der Waals surface area contributed by atoms with Crippen LogP contribution in [0.1, 0.15) is 26.2 Å². The normalized spacial score (nSPS) is 23.3. The molecule has 2 N–H and O–H groups in total. The highest BCUT2D eigenvalue weighted by molar-refractivity contribution is 5.47. The molecule has 1 amide bonds. The molecule has 1 fully saturated rings. The molecule has 64 valence electrons. The number of rotatable bonds is 2. The number of nitrogens with zero attached hydrogens (tertiary/aromatic N) is 1. The number of amides is 1. The van der Waals surface area contributed by atoms with Crippen LogP contribution < -0.4 is 5.73 Å². The first-order valence-corrected chi connectivity index (χ1v) is 4.18. The molecule has 3 heteroatoms. The number of nitrogens with two attached hydrogens (primary N) is 1. The van der Waals surface area contributed by atoms with Gasteiger partial charge in [0.1, 0.15) is 0 Å². The topological polar surface area (TPSA) is 46.3 Å². The maximum absolute atomic E-state index is 10.3. The van der Waals surface area contributed by atoms with Crippen molar-refractivity contribution in [2.45, 2.75) is 31.7 Å². The van der Waals surface area contributed by atoms with Crippen LogP contribution in [0.15, 0.2) is 0 Å². The molecule has 0 unspecified atom stereocenters. The van der Waals surface area contributed by atoms with Gasteiger partial charge in [0, 0.05) is 18.6 Å². The molecule has 0 radical (unpaired) electrons. The Morgan fingerprint density at radius 2 is 2.09 bits per heavy atom. The van der Waals surface area contributed by atoms with Crippen molar-refractivity contribution < 1.29 is 4.79 Å². The van der Waals surface area contributed by atoms with E-state index in [1.807, 2.05) is 0 Å². The zero-order valence-electron chi connectivity index (χ0n) is 7.05. The minimum atomic E-state index is -0.000486. The summed E-state index contributed by atoms with van der Waals surface area (Å²) in [4.78, 5) is 12.1. The molecule has 1 rings (SSSR count). The standard InChI is InChI=1S/C8H16N2O/c1-2-8(9)3-5-10(7-11)6-4-8/h7H,2-6,9H2,1H3. The molecule has 1 aliphatic rings. The van der Waals surface area contributed by atoms with Gasteiger partial charge in [-0.2, -0.15) is 0 Å². The number of hydrogen-bond acceptors (Lipinski definition) is 2. The Labute approximate surface area is 67.5 Å². The van der Waals surface area contributed by atoms with Gasteiger partial charge in [-0.05, 0) is 19.3 Å². The SMILES string of the molecule is CCC1(N)CCN(C=O)CC1. The third kappa shape index (κ3) is 1.93. The van der Waals surface area contributed by atoms with Gasteiger partial charge < -0.3 is 10.6 Å². The largest absolute Gasteiger partial charge is 0.345 e. The Balaban J connectivity index is 2.40. The summed E-state index contributed by atoms with van der Waals surface area (Å²) < 4.78 is 0. The molecule has 11 heavy (non-hydrogen) atoms. The summed E-state index contributed by atoms with van der Waals surface area (Å²) in [5.41, 5.74) is 6.03. The maximum Gasteiger partial charge on any atom is 0.209 e. The van der Waals surface area contributed by atoms with Gasteiger partial charge in [0.05, 0.1) is 0 Å². The summed E-state index contributed by atoms with van der Waals surface area (Å²) in [5.74, 6) is 0. The minimum absolute atomic E-state index is 0.000486. The Morgan fingerprint density at radius 1 is 1.55 bits per heavy atom. The fraction of sp³-hybridized carbons (Fsp3) is 0.875. The van der Waals surface area contributed by atoms with E-state index in [1.165, 1.54) is 0 Å². The molecular formula is C8H16N2O. The van der Waals surface area contributed by atoms with E-state index >= 15 is 0 Å². The van der Waals surface area contributed by atoms with E-state index in [0.29, 0.717) is 0 Å². The third-order valence-electron chi connectivity index (χ3n) is 2.65. The molecule has 1 saturated heterocycles. The van der Waals surface area contributed by atoms with Crippen LogP contribution in [0.25, 0.3) is 0 Å². The third-order valence-corrected chi connectivity index (χ3v) is 2.65. The first kappa shape index (κ1) is 8.53. The predicted molar refractivity (Wildman–Crippen MR) is 44.1 cm³/mol. The molecule has 0 aromatic carbocycles. The molecule has 0 aromatic rings. The van der Waals surface area contributed by atoms with Crippen molar-refractivity contribution in [3.05, 3.63) is 0 Å². The Morgan fingerprint density at radius 3 is 2.45 bits per heavy atom. The molecule has 3 nitrogen and oxygen atoms in total. The number of carbonyl (C=O) groups excluding carboxylic acids is 1. The Hall–Kier alpha value is -0.570. The first-order valence-electron chi connectivity index (χ1n) is 4.18. The summed E-state index contributed by atoms with van der Waals surface area (Å²) in [5, 5.41) is 0. The van der Waals surface area contributed by atoms with Crippen LogP contribution in [0.4, 0.5) is 0 Å². The smallest absolute Gasteiger partial charge is 0.209 e. The van der Waals surface area contributed by atoms with Crippen molar-refractivity contribution in [1.29, 1.82) is 0 Å². The Kier molecular flexibility index (Phi) is 2.49.